The number of fused-ring (bicyclic) bond motifs is 1. The monoisotopic (exact) mass is 408 g/mol. The van der Waals surface area contributed by atoms with Gasteiger partial charge in [-0.05, 0) is 42.5 Å². The number of anilines is 1. The van der Waals surface area contributed by atoms with Gasteiger partial charge in [0.1, 0.15) is 0 Å². The summed E-state index contributed by atoms with van der Waals surface area (Å²) in [6.07, 6.45) is -1.95. The molecule has 30 heavy (non-hydrogen) atoms. The van der Waals surface area contributed by atoms with E-state index in [2.05, 4.69) is 21.6 Å². The predicted octanol–water partition coefficient (Wildman–Crippen LogP) is 4.87. The number of halogens is 3. The van der Waals surface area contributed by atoms with Crippen molar-refractivity contribution in [3.05, 3.63) is 95.3 Å². The van der Waals surface area contributed by atoms with Crippen LogP contribution in [0.3, 0.4) is 0 Å². The average Bonchev–Trinajstić information content (AvgIpc) is 3.20. The number of nitrogens with one attached hydrogen (secondary N) is 2. The Bertz CT molecular complexity index is 1260. The Hall–Kier alpha value is -3.94. The molecule has 4 aromatic rings. The van der Waals surface area contributed by atoms with Gasteiger partial charge in [-0.3, -0.25) is 9.59 Å². The zero-order valence-corrected chi connectivity index (χ0v) is 15.2. The van der Waals surface area contributed by atoms with Crippen LogP contribution in [0.15, 0.2) is 66.7 Å². The number of nitrogens with zero attached hydrogens (tertiary/aromatic N) is 1. The molecular weight excluding hydrogens is 395 g/mol. The van der Waals surface area contributed by atoms with E-state index in [4.69, 9.17) is 0 Å². The molecule has 8 heteroatoms. The summed E-state index contributed by atoms with van der Waals surface area (Å²) in [6.45, 7) is 0. The van der Waals surface area contributed by atoms with Crippen molar-refractivity contribution in [1.29, 1.82) is 0 Å². The Morgan fingerprint density at radius 3 is 2.47 bits per heavy atom. The third kappa shape index (κ3) is 3.80. The zero-order chi connectivity index (χ0) is 21.3. The Morgan fingerprint density at radius 2 is 1.70 bits per heavy atom. The van der Waals surface area contributed by atoms with Crippen molar-refractivity contribution in [2.45, 2.75) is 6.18 Å². The van der Waals surface area contributed by atoms with Crippen LogP contribution in [0.1, 0.15) is 31.8 Å². The lowest BCUT2D eigenvalue weighted by molar-refractivity contribution is -0.137. The molecule has 0 aliphatic carbocycles. The number of aromatic amines is 1. The minimum Gasteiger partial charge on any atom is -0.335 e. The number of rotatable bonds is 4. The van der Waals surface area contributed by atoms with Crippen LogP contribution >= 0.6 is 0 Å². The second-order valence-electron chi connectivity index (χ2n) is 6.49. The second-order valence-corrected chi connectivity index (χ2v) is 6.49. The molecular formula is C22H13F3N3O2. The molecule has 0 aliphatic heterocycles. The molecule has 149 valence electrons. The minimum atomic E-state index is -4.53. The normalized spacial score (nSPS) is 11.4. The molecule has 1 amide bonds. The van der Waals surface area contributed by atoms with Gasteiger partial charge in [0.05, 0.1) is 22.2 Å². The van der Waals surface area contributed by atoms with Crippen molar-refractivity contribution in [2.24, 2.45) is 0 Å². The maximum atomic E-state index is 13.0. The van der Waals surface area contributed by atoms with Crippen molar-refractivity contribution in [1.82, 2.24) is 9.97 Å². The lowest BCUT2D eigenvalue weighted by atomic mass is 9.97. The van der Waals surface area contributed by atoms with Crippen LogP contribution in [0.2, 0.25) is 0 Å². The van der Waals surface area contributed by atoms with Gasteiger partial charge in [-0.2, -0.15) is 13.2 Å². The molecule has 4 rings (SSSR count). The van der Waals surface area contributed by atoms with E-state index in [0.717, 1.165) is 12.1 Å². The third-order valence-corrected chi connectivity index (χ3v) is 4.49. The van der Waals surface area contributed by atoms with Crippen molar-refractivity contribution in [3.8, 4) is 0 Å². The Morgan fingerprint density at radius 1 is 0.933 bits per heavy atom. The first-order valence-electron chi connectivity index (χ1n) is 8.81. The Balaban J connectivity index is 1.64. The molecule has 2 N–H and O–H groups in total. The summed E-state index contributed by atoms with van der Waals surface area (Å²) in [5, 5.41) is 2.43. The highest BCUT2D eigenvalue weighted by atomic mass is 19.4. The molecule has 3 aromatic carbocycles. The van der Waals surface area contributed by atoms with E-state index in [1.165, 1.54) is 24.3 Å². The molecule has 0 fully saturated rings. The van der Waals surface area contributed by atoms with Gasteiger partial charge in [-0.25, -0.2) is 4.98 Å². The maximum Gasteiger partial charge on any atom is 0.416 e. The highest BCUT2D eigenvalue weighted by Gasteiger charge is 2.30. The number of H-pyrrole nitrogens is 1. The van der Waals surface area contributed by atoms with Gasteiger partial charge >= 0.3 is 6.18 Å². The quantitative estimate of drug-likeness (QED) is 0.474. The van der Waals surface area contributed by atoms with Gasteiger partial charge in [-0.1, -0.05) is 24.3 Å². The van der Waals surface area contributed by atoms with E-state index in [1.807, 2.05) is 0 Å². The van der Waals surface area contributed by atoms with E-state index in [-0.39, 0.29) is 16.8 Å². The molecule has 0 saturated heterocycles. The summed E-state index contributed by atoms with van der Waals surface area (Å²) in [5.74, 6) is -1.09. The first-order valence-corrected chi connectivity index (χ1v) is 8.81. The van der Waals surface area contributed by atoms with Crippen LogP contribution in [0.4, 0.5) is 18.9 Å². The van der Waals surface area contributed by atoms with E-state index in [0.29, 0.717) is 16.6 Å². The zero-order valence-electron chi connectivity index (χ0n) is 15.2. The standard InChI is InChI=1S/C22H13F3N3O2/c23-22(24,25)14-4-3-5-15(11-14)28-21(30)17-7-2-1-6-16(17)20(29)13-8-9-18-19(10-13)27-12-26-18/h1-11H,(H,26,27)(H,28,30). The number of ketones is 1. The van der Waals surface area contributed by atoms with Crippen LogP contribution in [0, 0.1) is 6.33 Å². The topological polar surface area (TPSA) is 74.8 Å². The second kappa shape index (κ2) is 7.47. The van der Waals surface area contributed by atoms with Crippen LogP contribution in [-0.2, 0) is 6.18 Å². The van der Waals surface area contributed by atoms with E-state index in [9.17, 15) is 22.8 Å². The van der Waals surface area contributed by atoms with Gasteiger partial charge in [-0.15, -0.1) is 0 Å². The Kier molecular flexibility index (Phi) is 4.83. The summed E-state index contributed by atoms with van der Waals surface area (Å²) in [7, 11) is 0. The lowest BCUT2D eigenvalue weighted by Crippen LogP contribution is -2.17. The lowest BCUT2D eigenvalue weighted by Gasteiger charge is -2.12. The Labute approximate surface area is 168 Å². The fourth-order valence-corrected chi connectivity index (χ4v) is 3.03. The molecule has 0 bridgehead atoms. The third-order valence-electron chi connectivity index (χ3n) is 4.49. The molecule has 5 nitrogen and oxygen atoms in total. The van der Waals surface area contributed by atoms with Crippen LogP contribution in [0.5, 0.6) is 0 Å². The molecule has 0 aliphatic rings. The van der Waals surface area contributed by atoms with Gasteiger partial charge in [0.2, 0.25) is 0 Å². The number of hydrogen-bond donors (Lipinski definition) is 2. The summed E-state index contributed by atoms with van der Waals surface area (Å²) >= 11 is 0. The predicted molar refractivity (Wildman–Crippen MR) is 104 cm³/mol. The van der Waals surface area contributed by atoms with Gasteiger partial charge in [0, 0.05) is 16.8 Å². The number of hydrogen-bond acceptors (Lipinski definition) is 3. The summed E-state index contributed by atoms with van der Waals surface area (Å²) in [6, 6.07) is 15.3. The SMILES string of the molecule is O=C(Nc1cccc(C(F)(F)F)c1)c1ccccc1C(=O)c1ccc2n[c][nH]c2c1. The van der Waals surface area contributed by atoms with Crippen LogP contribution in [-0.4, -0.2) is 21.7 Å². The van der Waals surface area contributed by atoms with Crippen LogP contribution in [0.25, 0.3) is 11.0 Å². The fraction of sp³-hybridized carbons (Fsp3) is 0.0455. The number of carbonyl (C=O) groups excluding carboxylic acids is 2. The first-order chi connectivity index (χ1) is 14.3. The van der Waals surface area contributed by atoms with Crippen molar-refractivity contribution < 1.29 is 22.8 Å². The number of imidazole rings is 1. The molecule has 1 radical (unpaired) electrons. The van der Waals surface area contributed by atoms with Crippen molar-refractivity contribution >= 4 is 28.4 Å². The van der Waals surface area contributed by atoms with E-state index in [1.54, 1.807) is 30.3 Å². The fourth-order valence-electron chi connectivity index (χ4n) is 3.03. The molecule has 0 saturated carbocycles. The van der Waals surface area contributed by atoms with Gasteiger partial charge < -0.3 is 10.3 Å². The number of aromatic nitrogens is 2. The van der Waals surface area contributed by atoms with E-state index >= 15 is 0 Å². The molecule has 0 atom stereocenters. The van der Waals surface area contributed by atoms with Crippen molar-refractivity contribution in [2.75, 3.05) is 5.32 Å². The summed E-state index contributed by atoms with van der Waals surface area (Å²) in [4.78, 5) is 32.5. The largest absolute Gasteiger partial charge is 0.416 e. The van der Waals surface area contributed by atoms with E-state index < -0.39 is 23.4 Å². The van der Waals surface area contributed by atoms with Crippen molar-refractivity contribution in [3.63, 3.8) is 0 Å². The average molecular weight is 408 g/mol. The molecule has 0 spiro atoms. The smallest absolute Gasteiger partial charge is 0.335 e. The van der Waals surface area contributed by atoms with Gasteiger partial charge in [0.25, 0.3) is 5.91 Å². The van der Waals surface area contributed by atoms with Crippen LogP contribution < -0.4 is 5.32 Å². The highest BCUT2D eigenvalue weighted by Crippen LogP contribution is 2.31. The first kappa shape index (κ1) is 19.4. The summed E-state index contributed by atoms with van der Waals surface area (Å²) < 4.78 is 38.7. The number of benzene rings is 3. The van der Waals surface area contributed by atoms with Gasteiger partial charge in [0.15, 0.2) is 12.1 Å². The maximum absolute atomic E-state index is 13.0. The number of alkyl halides is 3. The molecule has 1 heterocycles. The summed E-state index contributed by atoms with van der Waals surface area (Å²) in [5.41, 5.74) is 0.871. The number of amides is 1. The highest BCUT2D eigenvalue weighted by molar-refractivity contribution is 6.18. The molecule has 1 aromatic heterocycles. The number of carbonyl (C=O) groups is 2. The minimum absolute atomic E-state index is 0.0218. The molecule has 0 unspecified atom stereocenters.